The Morgan fingerprint density at radius 1 is 1.33 bits per heavy atom. The van der Waals surface area contributed by atoms with Crippen molar-refractivity contribution < 1.29 is 14.3 Å². The fourth-order valence-corrected chi connectivity index (χ4v) is 4.14. The molecule has 0 bridgehead atoms. The molecule has 1 amide bonds. The van der Waals surface area contributed by atoms with Crippen molar-refractivity contribution in [2.45, 2.75) is 38.1 Å². The van der Waals surface area contributed by atoms with Crippen LogP contribution in [0.5, 0.6) is 0 Å². The zero-order valence-corrected chi connectivity index (χ0v) is 16.3. The Bertz CT molecular complexity index is 896. The molecule has 0 unspecified atom stereocenters. The third-order valence-electron chi connectivity index (χ3n) is 4.46. The van der Waals surface area contributed by atoms with Gasteiger partial charge in [-0.3, -0.25) is 4.79 Å². The van der Waals surface area contributed by atoms with Gasteiger partial charge in [0.15, 0.2) is 6.61 Å². The molecule has 140 valence electrons. The fourth-order valence-electron chi connectivity index (χ4n) is 3.04. The molecule has 1 fully saturated rings. The highest BCUT2D eigenvalue weighted by molar-refractivity contribution is 7.17. The van der Waals surface area contributed by atoms with Crippen LogP contribution in [-0.4, -0.2) is 29.0 Å². The lowest BCUT2D eigenvalue weighted by molar-refractivity contribution is -0.125. The first-order valence-electron chi connectivity index (χ1n) is 8.55. The maximum absolute atomic E-state index is 12.3. The van der Waals surface area contributed by atoms with Crippen LogP contribution in [0, 0.1) is 18.3 Å². The van der Waals surface area contributed by atoms with Gasteiger partial charge in [-0.05, 0) is 44.7 Å². The maximum Gasteiger partial charge on any atom is 0.350 e. The molecule has 0 aliphatic heterocycles. The van der Waals surface area contributed by atoms with Gasteiger partial charge in [-0.2, -0.15) is 5.26 Å². The van der Waals surface area contributed by atoms with E-state index < -0.39 is 24.0 Å². The molecular formula is C19H18ClN3O3S. The number of carbonyl (C=O) groups is 2. The number of aromatic nitrogens is 1. The van der Waals surface area contributed by atoms with E-state index in [1.165, 1.54) is 11.3 Å². The Morgan fingerprint density at radius 2 is 2.00 bits per heavy atom. The van der Waals surface area contributed by atoms with Crippen LogP contribution in [0.15, 0.2) is 24.3 Å². The zero-order chi connectivity index (χ0) is 19.4. The normalized spacial score (nSPS) is 15.1. The van der Waals surface area contributed by atoms with Crippen molar-refractivity contribution in [2.24, 2.45) is 0 Å². The number of nitrogens with zero attached hydrogens (tertiary/aromatic N) is 2. The molecule has 1 heterocycles. The van der Waals surface area contributed by atoms with Crippen molar-refractivity contribution in [1.29, 1.82) is 5.26 Å². The van der Waals surface area contributed by atoms with Gasteiger partial charge in [0.25, 0.3) is 5.91 Å². The maximum atomic E-state index is 12.3. The predicted octanol–water partition coefficient (Wildman–Crippen LogP) is 3.88. The summed E-state index contributed by atoms with van der Waals surface area (Å²) in [6, 6.07) is 9.33. The first-order chi connectivity index (χ1) is 12.9. The molecule has 2 aromatic rings. The van der Waals surface area contributed by atoms with Crippen molar-refractivity contribution in [1.82, 2.24) is 10.3 Å². The molecule has 8 heteroatoms. The number of hydrogen-bond donors (Lipinski definition) is 1. The molecule has 1 saturated carbocycles. The van der Waals surface area contributed by atoms with Gasteiger partial charge in [0.2, 0.25) is 0 Å². The Hall–Kier alpha value is -2.43. The summed E-state index contributed by atoms with van der Waals surface area (Å²) in [5.74, 6) is -1.07. The summed E-state index contributed by atoms with van der Waals surface area (Å²) >= 11 is 7.09. The van der Waals surface area contributed by atoms with Gasteiger partial charge < -0.3 is 10.1 Å². The van der Waals surface area contributed by atoms with Gasteiger partial charge in [-0.1, -0.05) is 23.7 Å². The molecule has 0 atom stereocenters. The van der Waals surface area contributed by atoms with Crippen LogP contribution < -0.4 is 5.32 Å². The minimum atomic E-state index is -0.828. The fraction of sp³-hybridized carbons (Fsp3) is 0.368. The van der Waals surface area contributed by atoms with Crippen molar-refractivity contribution in [3.8, 4) is 16.6 Å². The number of amides is 1. The number of benzene rings is 1. The van der Waals surface area contributed by atoms with E-state index in [9.17, 15) is 14.9 Å². The van der Waals surface area contributed by atoms with E-state index in [4.69, 9.17) is 16.3 Å². The largest absolute Gasteiger partial charge is 0.451 e. The number of carbonyl (C=O) groups excluding carboxylic acids is 2. The van der Waals surface area contributed by atoms with Crippen molar-refractivity contribution in [3.63, 3.8) is 0 Å². The number of rotatable bonds is 5. The quantitative estimate of drug-likeness (QED) is 0.764. The molecule has 0 spiro atoms. The number of nitrogens with one attached hydrogen (secondary N) is 1. The minimum absolute atomic E-state index is 0.351. The third-order valence-corrected chi connectivity index (χ3v) is 5.90. The topological polar surface area (TPSA) is 92.1 Å². The van der Waals surface area contributed by atoms with Crippen molar-refractivity contribution >= 4 is 34.8 Å². The van der Waals surface area contributed by atoms with Crippen LogP contribution in [-0.2, 0) is 9.53 Å². The van der Waals surface area contributed by atoms with Crippen LogP contribution in [0.4, 0.5) is 0 Å². The Balaban J connectivity index is 1.62. The second-order valence-electron chi connectivity index (χ2n) is 6.47. The van der Waals surface area contributed by atoms with Gasteiger partial charge >= 0.3 is 5.97 Å². The number of halogens is 1. The van der Waals surface area contributed by atoms with Gasteiger partial charge in [0, 0.05) is 10.6 Å². The van der Waals surface area contributed by atoms with E-state index in [1.54, 1.807) is 19.1 Å². The second kappa shape index (κ2) is 8.07. The summed E-state index contributed by atoms with van der Waals surface area (Å²) < 4.78 is 5.13. The summed E-state index contributed by atoms with van der Waals surface area (Å²) in [7, 11) is 0. The number of esters is 1. The Morgan fingerprint density at radius 3 is 2.63 bits per heavy atom. The van der Waals surface area contributed by atoms with E-state index in [-0.39, 0.29) is 0 Å². The van der Waals surface area contributed by atoms with Gasteiger partial charge in [-0.15, -0.1) is 11.3 Å². The molecular weight excluding hydrogens is 386 g/mol. The number of thiazole rings is 1. The Kier molecular flexibility index (Phi) is 5.78. The lowest BCUT2D eigenvalue weighted by Gasteiger charge is -2.21. The first kappa shape index (κ1) is 19.3. The lowest BCUT2D eigenvalue weighted by atomic mass is 10.00. The monoisotopic (exact) mass is 403 g/mol. The van der Waals surface area contributed by atoms with E-state index in [0.717, 1.165) is 18.4 Å². The smallest absolute Gasteiger partial charge is 0.350 e. The highest BCUT2D eigenvalue weighted by Gasteiger charge is 2.35. The second-order valence-corrected chi connectivity index (χ2v) is 7.90. The van der Waals surface area contributed by atoms with Gasteiger partial charge in [0.05, 0.1) is 11.8 Å². The number of ether oxygens (including phenoxy) is 1. The number of nitriles is 1. The molecule has 6 nitrogen and oxygen atoms in total. The molecule has 1 aromatic heterocycles. The van der Waals surface area contributed by atoms with Crippen LogP contribution in [0.25, 0.3) is 10.6 Å². The third kappa shape index (κ3) is 4.46. The van der Waals surface area contributed by atoms with E-state index >= 15 is 0 Å². The van der Waals surface area contributed by atoms with E-state index in [0.29, 0.717) is 33.4 Å². The Labute approximate surface area is 166 Å². The first-order valence-corrected chi connectivity index (χ1v) is 9.75. The number of hydrogen-bond acceptors (Lipinski definition) is 6. The SMILES string of the molecule is Cc1nc(-c2ccc(Cl)cc2)sc1C(=O)OCC(=O)NC1(C#N)CCCC1. The lowest BCUT2D eigenvalue weighted by Crippen LogP contribution is -2.46. The zero-order valence-electron chi connectivity index (χ0n) is 14.8. The predicted molar refractivity (Wildman–Crippen MR) is 103 cm³/mol. The van der Waals surface area contributed by atoms with Crippen molar-refractivity contribution in [2.75, 3.05) is 6.61 Å². The molecule has 1 N–H and O–H groups in total. The molecule has 1 aliphatic carbocycles. The summed E-state index contributed by atoms with van der Waals surface area (Å²) in [6.45, 7) is 1.30. The molecule has 0 radical (unpaired) electrons. The minimum Gasteiger partial charge on any atom is -0.451 e. The number of aryl methyl sites for hydroxylation is 1. The molecule has 0 saturated heterocycles. The highest BCUT2D eigenvalue weighted by Crippen LogP contribution is 2.30. The molecule has 1 aliphatic rings. The molecule has 27 heavy (non-hydrogen) atoms. The average molecular weight is 404 g/mol. The molecule has 3 rings (SSSR count). The summed E-state index contributed by atoms with van der Waals surface area (Å²) in [4.78, 5) is 29.2. The van der Waals surface area contributed by atoms with Crippen molar-refractivity contribution in [3.05, 3.63) is 39.9 Å². The van der Waals surface area contributed by atoms with Crippen LogP contribution >= 0.6 is 22.9 Å². The summed E-state index contributed by atoms with van der Waals surface area (Å²) in [6.07, 6.45) is 3.06. The van der Waals surface area contributed by atoms with Gasteiger partial charge in [0.1, 0.15) is 15.4 Å². The van der Waals surface area contributed by atoms with E-state index in [1.807, 2.05) is 12.1 Å². The van der Waals surface area contributed by atoms with Crippen LogP contribution in [0.2, 0.25) is 5.02 Å². The van der Waals surface area contributed by atoms with Crippen LogP contribution in [0.3, 0.4) is 0 Å². The standard InChI is InChI=1S/C19H18ClN3O3S/c1-12-16(27-17(22-12)13-4-6-14(20)7-5-13)18(25)26-10-15(24)23-19(11-21)8-2-3-9-19/h4-7H,2-3,8-10H2,1H3,(H,23,24). The summed E-state index contributed by atoms with van der Waals surface area (Å²) in [5, 5.41) is 13.3. The average Bonchev–Trinajstić information content (AvgIpc) is 3.27. The van der Waals surface area contributed by atoms with Gasteiger partial charge in [-0.25, -0.2) is 9.78 Å². The molecule has 1 aromatic carbocycles. The summed E-state index contributed by atoms with van der Waals surface area (Å²) in [5.41, 5.74) is 0.562. The van der Waals surface area contributed by atoms with E-state index in [2.05, 4.69) is 16.4 Å². The highest BCUT2D eigenvalue weighted by atomic mass is 35.5. The van der Waals surface area contributed by atoms with Crippen LogP contribution in [0.1, 0.15) is 41.0 Å².